The summed E-state index contributed by atoms with van der Waals surface area (Å²) >= 11 is 4.41. The summed E-state index contributed by atoms with van der Waals surface area (Å²) in [5.41, 5.74) is 2.03. The fraction of sp³-hybridized carbons (Fsp3) is 0.167. The van der Waals surface area contributed by atoms with Gasteiger partial charge >= 0.3 is 0 Å². The van der Waals surface area contributed by atoms with E-state index < -0.39 is 0 Å². The molecule has 2 heteroatoms. The van der Waals surface area contributed by atoms with Gasteiger partial charge in [0, 0.05) is 16.8 Å². The SMILES string of the molecule is C=C(C)N(/C=C\C)c1ccccc1S. The van der Waals surface area contributed by atoms with Crippen LogP contribution in [-0.4, -0.2) is 0 Å². The van der Waals surface area contributed by atoms with Gasteiger partial charge in [0.25, 0.3) is 0 Å². The topological polar surface area (TPSA) is 3.24 Å². The van der Waals surface area contributed by atoms with Crippen molar-refractivity contribution in [3.8, 4) is 0 Å². The molecule has 1 aromatic carbocycles. The van der Waals surface area contributed by atoms with Gasteiger partial charge in [-0.2, -0.15) is 0 Å². The first-order valence-electron chi connectivity index (χ1n) is 4.52. The third-order valence-corrected chi connectivity index (χ3v) is 2.23. The van der Waals surface area contributed by atoms with Crippen LogP contribution in [0.4, 0.5) is 5.69 Å². The molecule has 0 aliphatic heterocycles. The van der Waals surface area contributed by atoms with Crippen LogP contribution in [0.5, 0.6) is 0 Å². The van der Waals surface area contributed by atoms with Crippen LogP contribution >= 0.6 is 12.6 Å². The molecule has 0 fully saturated rings. The zero-order valence-electron chi connectivity index (χ0n) is 8.57. The molecule has 0 spiro atoms. The lowest BCUT2D eigenvalue weighted by Crippen LogP contribution is -2.12. The molecule has 1 rings (SSSR count). The van der Waals surface area contributed by atoms with E-state index in [1.807, 2.05) is 55.3 Å². The Labute approximate surface area is 91.2 Å². The van der Waals surface area contributed by atoms with E-state index in [1.165, 1.54) is 0 Å². The van der Waals surface area contributed by atoms with Crippen LogP contribution in [0.25, 0.3) is 0 Å². The Morgan fingerprint density at radius 3 is 2.57 bits per heavy atom. The molecular formula is C12H15NS. The summed E-state index contributed by atoms with van der Waals surface area (Å²) in [7, 11) is 0. The molecule has 0 unspecified atom stereocenters. The fourth-order valence-electron chi connectivity index (χ4n) is 1.23. The zero-order valence-corrected chi connectivity index (χ0v) is 9.46. The van der Waals surface area contributed by atoms with E-state index in [1.54, 1.807) is 0 Å². The number of para-hydroxylation sites is 1. The number of hydrogen-bond acceptors (Lipinski definition) is 2. The number of hydrogen-bond donors (Lipinski definition) is 1. The van der Waals surface area contributed by atoms with Crippen LogP contribution in [0.2, 0.25) is 0 Å². The molecule has 1 nitrogen and oxygen atoms in total. The molecule has 14 heavy (non-hydrogen) atoms. The smallest absolute Gasteiger partial charge is 0.0585 e. The van der Waals surface area contributed by atoms with Gasteiger partial charge in [-0.3, -0.25) is 0 Å². The third-order valence-electron chi connectivity index (χ3n) is 1.85. The first-order chi connectivity index (χ1) is 6.66. The highest BCUT2D eigenvalue weighted by atomic mass is 32.1. The van der Waals surface area contributed by atoms with E-state index in [4.69, 9.17) is 0 Å². The van der Waals surface area contributed by atoms with Gasteiger partial charge in [-0.05, 0) is 26.0 Å². The number of rotatable bonds is 3. The second-order valence-corrected chi connectivity index (χ2v) is 3.56. The van der Waals surface area contributed by atoms with Crippen molar-refractivity contribution in [1.29, 1.82) is 0 Å². The standard InChI is InChI=1S/C12H15NS/c1-4-9-13(10(2)3)11-7-5-6-8-12(11)14/h4-9,14H,2H2,1,3H3/b9-4-. The molecule has 0 N–H and O–H groups in total. The van der Waals surface area contributed by atoms with Crippen LogP contribution < -0.4 is 4.90 Å². The highest BCUT2D eigenvalue weighted by Crippen LogP contribution is 2.26. The third kappa shape index (κ3) is 2.42. The molecule has 0 aliphatic rings. The van der Waals surface area contributed by atoms with Crippen LogP contribution in [0.1, 0.15) is 13.8 Å². The minimum atomic E-state index is 0.952. The Balaban J connectivity index is 3.11. The van der Waals surface area contributed by atoms with Crippen LogP contribution in [-0.2, 0) is 0 Å². The quantitative estimate of drug-likeness (QED) is 0.734. The Morgan fingerprint density at radius 2 is 2.07 bits per heavy atom. The maximum atomic E-state index is 4.41. The van der Waals surface area contributed by atoms with Crippen molar-refractivity contribution in [3.63, 3.8) is 0 Å². The van der Waals surface area contributed by atoms with Crippen molar-refractivity contribution in [1.82, 2.24) is 0 Å². The summed E-state index contributed by atoms with van der Waals surface area (Å²) in [6, 6.07) is 7.96. The van der Waals surface area contributed by atoms with E-state index >= 15 is 0 Å². The molecule has 0 saturated carbocycles. The van der Waals surface area contributed by atoms with Gasteiger partial charge in [-0.15, -0.1) is 12.6 Å². The van der Waals surface area contributed by atoms with Crippen molar-refractivity contribution in [3.05, 3.63) is 48.8 Å². The van der Waals surface area contributed by atoms with Crippen molar-refractivity contribution < 1.29 is 0 Å². The number of allylic oxidation sites excluding steroid dienone is 2. The maximum absolute atomic E-state index is 4.41. The van der Waals surface area contributed by atoms with Crippen LogP contribution in [0.15, 0.2) is 53.7 Å². The summed E-state index contributed by atoms with van der Waals surface area (Å²) in [6.45, 7) is 7.89. The molecular weight excluding hydrogens is 190 g/mol. The average molecular weight is 205 g/mol. The molecule has 1 aromatic rings. The minimum absolute atomic E-state index is 0.952. The van der Waals surface area contributed by atoms with Crippen molar-refractivity contribution in [2.45, 2.75) is 18.7 Å². The number of nitrogens with zero attached hydrogens (tertiary/aromatic N) is 1. The molecule has 0 radical (unpaired) electrons. The van der Waals surface area contributed by atoms with E-state index in [2.05, 4.69) is 19.2 Å². The Kier molecular flexibility index (Phi) is 3.84. The molecule has 0 atom stereocenters. The number of anilines is 1. The van der Waals surface area contributed by atoms with E-state index in [9.17, 15) is 0 Å². The average Bonchev–Trinajstić information content (AvgIpc) is 2.15. The summed E-state index contributed by atoms with van der Waals surface area (Å²) in [4.78, 5) is 2.97. The van der Waals surface area contributed by atoms with Gasteiger partial charge in [0.2, 0.25) is 0 Å². The van der Waals surface area contributed by atoms with E-state index in [-0.39, 0.29) is 0 Å². The molecule has 0 aromatic heterocycles. The lowest BCUT2D eigenvalue weighted by Gasteiger charge is -2.21. The Hall–Kier alpha value is -1.15. The highest BCUT2D eigenvalue weighted by molar-refractivity contribution is 7.80. The Bertz CT molecular complexity index is 355. The van der Waals surface area contributed by atoms with Crippen LogP contribution in [0.3, 0.4) is 0 Å². The number of benzene rings is 1. The second kappa shape index (κ2) is 4.91. The minimum Gasteiger partial charge on any atom is -0.321 e. The summed E-state index contributed by atoms with van der Waals surface area (Å²) in [6.07, 6.45) is 3.96. The predicted molar refractivity (Wildman–Crippen MR) is 65.8 cm³/mol. The van der Waals surface area contributed by atoms with Gasteiger partial charge in [-0.1, -0.05) is 24.8 Å². The van der Waals surface area contributed by atoms with Gasteiger partial charge in [0.05, 0.1) is 5.69 Å². The van der Waals surface area contributed by atoms with E-state index in [0.29, 0.717) is 0 Å². The molecule has 74 valence electrons. The highest BCUT2D eigenvalue weighted by Gasteiger charge is 2.05. The fourth-order valence-corrected chi connectivity index (χ4v) is 1.50. The van der Waals surface area contributed by atoms with E-state index in [0.717, 1.165) is 16.3 Å². The number of thiol groups is 1. The van der Waals surface area contributed by atoms with Crippen molar-refractivity contribution in [2.24, 2.45) is 0 Å². The molecule has 0 amide bonds. The summed E-state index contributed by atoms with van der Waals surface area (Å²) < 4.78 is 0. The summed E-state index contributed by atoms with van der Waals surface area (Å²) in [5, 5.41) is 0. The summed E-state index contributed by atoms with van der Waals surface area (Å²) in [5.74, 6) is 0. The lowest BCUT2D eigenvalue weighted by molar-refractivity contribution is 1.13. The lowest BCUT2D eigenvalue weighted by atomic mass is 10.3. The van der Waals surface area contributed by atoms with Crippen molar-refractivity contribution >= 4 is 18.3 Å². The van der Waals surface area contributed by atoms with Gasteiger partial charge < -0.3 is 4.90 Å². The van der Waals surface area contributed by atoms with Gasteiger partial charge in [-0.25, -0.2) is 0 Å². The monoisotopic (exact) mass is 205 g/mol. The second-order valence-electron chi connectivity index (χ2n) is 3.08. The van der Waals surface area contributed by atoms with Crippen LogP contribution in [0, 0.1) is 0 Å². The first-order valence-corrected chi connectivity index (χ1v) is 4.97. The van der Waals surface area contributed by atoms with Gasteiger partial charge in [0.1, 0.15) is 0 Å². The molecule has 0 saturated heterocycles. The predicted octanol–water partition coefficient (Wildman–Crippen LogP) is 3.85. The first kappa shape index (κ1) is 10.9. The molecule has 0 heterocycles. The maximum Gasteiger partial charge on any atom is 0.0585 e. The molecule has 0 aliphatic carbocycles. The largest absolute Gasteiger partial charge is 0.321 e. The molecule has 0 bridgehead atoms. The van der Waals surface area contributed by atoms with Gasteiger partial charge in [0.15, 0.2) is 0 Å². The zero-order chi connectivity index (χ0) is 10.6. The van der Waals surface area contributed by atoms with Crippen molar-refractivity contribution in [2.75, 3.05) is 4.90 Å². The Morgan fingerprint density at radius 1 is 1.43 bits per heavy atom. The normalized spacial score (nSPS) is 10.5.